The van der Waals surface area contributed by atoms with E-state index in [2.05, 4.69) is 37.1 Å². The summed E-state index contributed by atoms with van der Waals surface area (Å²) in [7, 11) is 0. The molecule has 1 aromatic rings. The maximum Gasteiger partial charge on any atom is 0.213 e. The topological polar surface area (TPSA) is 34.2 Å². The molecule has 0 spiro atoms. The molecule has 3 nitrogen and oxygen atoms in total. The van der Waals surface area contributed by atoms with Gasteiger partial charge >= 0.3 is 0 Å². The molecular formula is C16H26N2O. The molecule has 106 valence electrons. The molecule has 1 fully saturated rings. The second-order valence-electron chi connectivity index (χ2n) is 5.96. The van der Waals surface area contributed by atoms with E-state index in [9.17, 15) is 0 Å². The third-order valence-corrected chi connectivity index (χ3v) is 3.82. The van der Waals surface area contributed by atoms with Crippen molar-refractivity contribution in [3.05, 3.63) is 23.9 Å². The van der Waals surface area contributed by atoms with E-state index in [0.29, 0.717) is 18.1 Å². The van der Waals surface area contributed by atoms with E-state index in [0.717, 1.165) is 18.8 Å². The predicted octanol–water partition coefficient (Wildman–Crippen LogP) is 3.54. The molecule has 1 aliphatic rings. The molecule has 0 saturated heterocycles. The van der Waals surface area contributed by atoms with Gasteiger partial charge in [0.05, 0.1) is 0 Å². The summed E-state index contributed by atoms with van der Waals surface area (Å²) >= 11 is 0. The molecule has 1 aliphatic carbocycles. The molecule has 1 aromatic heterocycles. The fourth-order valence-electron chi connectivity index (χ4n) is 2.56. The second kappa shape index (κ2) is 6.90. The first-order valence-corrected chi connectivity index (χ1v) is 7.50. The van der Waals surface area contributed by atoms with E-state index in [1.165, 1.54) is 24.8 Å². The van der Waals surface area contributed by atoms with Crippen LogP contribution in [0.15, 0.2) is 18.3 Å². The third-order valence-electron chi connectivity index (χ3n) is 3.82. The summed E-state index contributed by atoms with van der Waals surface area (Å²) in [6, 6.07) is 4.61. The van der Waals surface area contributed by atoms with Gasteiger partial charge in [0, 0.05) is 24.8 Å². The van der Waals surface area contributed by atoms with Crippen molar-refractivity contribution < 1.29 is 4.74 Å². The van der Waals surface area contributed by atoms with E-state index in [-0.39, 0.29) is 0 Å². The smallest absolute Gasteiger partial charge is 0.213 e. The summed E-state index contributed by atoms with van der Waals surface area (Å²) in [5.41, 5.74) is 1.24. The van der Waals surface area contributed by atoms with Crippen molar-refractivity contribution in [2.24, 2.45) is 5.92 Å². The Kier molecular flexibility index (Phi) is 5.20. The van der Waals surface area contributed by atoms with Crippen LogP contribution in [-0.4, -0.2) is 17.1 Å². The Balaban J connectivity index is 1.94. The zero-order valence-corrected chi connectivity index (χ0v) is 12.4. The molecule has 2 atom stereocenters. The van der Waals surface area contributed by atoms with Gasteiger partial charge in [0.1, 0.15) is 6.10 Å². The number of rotatable bonds is 5. The van der Waals surface area contributed by atoms with Crippen LogP contribution in [0.4, 0.5) is 0 Å². The van der Waals surface area contributed by atoms with Crippen molar-refractivity contribution >= 4 is 0 Å². The van der Waals surface area contributed by atoms with Gasteiger partial charge in [-0.15, -0.1) is 0 Å². The van der Waals surface area contributed by atoms with Gasteiger partial charge in [-0.2, -0.15) is 0 Å². The fraction of sp³-hybridized carbons (Fsp3) is 0.688. The van der Waals surface area contributed by atoms with Crippen molar-refractivity contribution in [3.63, 3.8) is 0 Å². The standard InChI is InChI=1S/C16H26N2O/c1-12(2)18-11-14-8-9-17-16(10-14)19-15-7-5-4-6-13(15)3/h8-10,12-13,15,18H,4-7,11H2,1-3H3. The highest BCUT2D eigenvalue weighted by Crippen LogP contribution is 2.27. The van der Waals surface area contributed by atoms with Crippen molar-refractivity contribution in [3.8, 4) is 5.88 Å². The average molecular weight is 262 g/mol. The third kappa shape index (κ3) is 4.50. The van der Waals surface area contributed by atoms with Gasteiger partial charge in [-0.1, -0.05) is 27.2 Å². The number of ether oxygens (including phenoxy) is 1. The molecule has 0 aliphatic heterocycles. The molecule has 0 aromatic carbocycles. The molecular weight excluding hydrogens is 236 g/mol. The number of nitrogens with zero attached hydrogens (tertiary/aromatic N) is 1. The van der Waals surface area contributed by atoms with Crippen molar-refractivity contribution in [2.75, 3.05) is 0 Å². The van der Waals surface area contributed by atoms with Crippen LogP contribution >= 0.6 is 0 Å². The zero-order valence-electron chi connectivity index (χ0n) is 12.4. The summed E-state index contributed by atoms with van der Waals surface area (Å²) in [4.78, 5) is 4.35. The Bertz CT molecular complexity index is 392. The number of pyridine rings is 1. The minimum atomic E-state index is 0.342. The Morgan fingerprint density at radius 1 is 1.37 bits per heavy atom. The van der Waals surface area contributed by atoms with Crippen LogP contribution < -0.4 is 10.1 Å². The fourth-order valence-corrected chi connectivity index (χ4v) is 2.56. The molecule has 1 saturated carbocycles. The molecule has 2 unspecified atom stereocenters. The van der Waals surface area contributed by atoms with E-state index in [1.54, 1.807) is 0 Å². The average Bonchev–Trinajstić information content (AvgIpc) is 2.40. The summed E-state index contributed by atoms with van der Waals surface area (Å²) in [6.07, 6.45) is 7.25. The van der Waals surface area contributed by atoms with Gasteiger partial charge in [0.15, 0.2) is 0 Å². The molecule has 1 heterocycles. The largest absolute Gasteiger partial charge is 0.474 e. The Labute approximate surface area is 116 Å². The minimum Gasteiger partial charge on any atom is -0.474 e. The first-order valence-electron chi connectivity index (χ1n) is 7.50. The molecule has 1 N–H and O–H groups in total. The Morgan fingerprint density at radius 2 is 2.16 bits per heavy atom. The van der Waals surface area contributed by atoms with Crippen LogP contribution in [0, 0.1) is 5.92 Å². The van der Waals surface area contributed by atoms with E-state index < -0.39 is 0 Å². The van der Waals surface area contributed by atoms with E-state index >= 15 is 0 Å². The lowest BCUT2D eigenvalue weighted by molar-refractivity contribution is 0.0975. The Hall–Kier alpha value is -1.09. The first kappa shape index (κ1) is 14.3. The lowest BCUT2D eigenvalue weighted by Crippen LogP contribution is -2.28. The summed E-state index contributed by atoms with van der Waals surface area (Å²) in [6.45, 7) is 7.47. The monoisotopic (exact) mass is 262 g/mol. The van der Waals surface area contributed by atoms with Gasteiger partial charge < -0.3 is 10.1 Å². The van der Waals surface area contributed by atoms with Crippen molar-refractivity contribution in [1.82, 2.24) is 10.3 Å². The normalized spacial score (nSPS) is 23.6. The Morgan fingerprint density at radius 3 is 2.89 bits per heavy atom. The molecule has 0 amide bonds. The number of aromatic nitrogens is 1. The van der Waals surface area contributed by atoms with Gasteiger partial charge in [-0.25, -0.2) is 4.98 Å². The number of hydrogen-bond donors (Lipinski definition) is 1. The van der Waals surface area contributed by atoms with Crippen LogP contribution in [-0.2, 0) is 6.54 Å². The molecule has 0 radical (unpaired) electrons. The maximum atomic E-state index is 6.08. The van der Waals surface area contributed by atoms with Gasteiger partial charge in [0.2, 0.25) is 5.88 Å². The lowest BCUT2D eigenvalue weighted by Gasteiger charge is -2.28. The highest BCUT2D eigenvalue weighted by molar-refractivity contribution is 5.20. The summed E-state index contributed by atoms with van der Waals surface area (Å²) in [5.74, 6) is 1.43. The van der Waals surface area contributed by atoms with Crippen LogP contribution in [0.3, 0.4) is 0 Å². The lowest BCUT2D eigenvalue weighted by atomic mass is 9.88. The van der Waals surface area contributed by atoms with Crippen LogP contribution in [0.25, 0.3) is 0 Å². The highest BCUT2D eigenvalue weighted by atomic mass is 16.5. The molecule has 3 heteroatoms. The predicted molar refractivity (Wildman–Crippen MR) is 78.3 cm³/mol. The van der Waals surface area contributed by atoms with E-state index in [1.807, 2.05) is 12.3 Å². The molecule has 0 bridgehead atoms. The van der Waals surface area contributed by atoms with Crippen molar-refractivity contribution in [1.29, 1.82) is 0 Å². The quantitative estimate of drug-likeness (QED) is 0.881. The highest BCUT2D eigenvalue weighted by Gasteiger charge is 2.23. The zero-order chi connectivity index (χ0) is 13.7. The first-order chi connectivity index (χ1) is 9.15. The van der Waals surface area contributed by atoms with Crippen LogP contribution in [0.2, 0.25) is 0 Å². The minimum absolute atomic E-state index is 0.342. The van der Waals surface area contributed by atoms with Crippen LogP contribution in [0.1, 0.15) is 52.0 Å². The van der Waals surface area contributed by atoms with Gasteiger partial charge in [0.25, 0.3) is 0 Å². The maximum absolute atomic E-state index is 6.08. The molecule has 2 rings (SSSR count). The SMILES string of the molecule is CC(C)NCc1ccnc(OC2CCCCC2C)c1. The summed E-state index contributed by atoms with van der Waals surface area (Å²) < 4.78 is 6.08. The second-order valence-corrected chi connectivity index (χ2v) is 5.96. The number of nitrogens with one attached hydrogen (secondary N) is 1. The van der Waals surface area contributed by atoms with E-state index in [4.69, 9.17) is 4.74 Å². The summed E-state index contributed by atoms with van der Waals surface area (Å²) in [5, 5.41) is 3.42. The van der Waals surface area contributed by atoms with Crippen LogP contribution in [0.5, 0.6) is 5.88 Å². The van der Waals surface area contributed by atoms with Gasteiger partial charge in [-0.3, -0.25) is 0 Å². The van der Waals surface area contributed by atoms with Crippen molar-refractivity contribution in [2.45, 2.75) is 65.1 Å². The number of hydrogen-bond acceptors (Lipinski definition) is 3. The van der Waals surface area contributed by atoms with Gasteiger partial charge in [-0.05, 0) is 36.8 Å². The molecule has 19 heavy (non-hydrogen) atoms.